The van der Waals surface area contributed by atoms with Crippen molar-refractivity contribution < 1.29 is 14.6 Å². The first-order valence-corrected chi connectivity index (χ1v) is 2.86. The fourth-order valence-electron chi connectivity index (χ4n) is 0.346. The van der Waals surface area contributed by atoms with E-state index in [1.54, 1.807) is 6.26 Å². The van der Waals surface area contributed by atoms with Crippen LogP contribution < -0.4 is 0 Å². The van der Waals surface area contributed by atoms with Crippen molar-refractivity contribution in [1.82, 2.24) is 0 Å². The van der Waals surface area contributed by atoms with Gasteiger partial charge in [-0.1, -0.05) is 6.08 Å². The maximum atomic E-state index is 9.00. The van der Waals surface area contributed by atoms with Gasteiger partial charge in [0, 0.05) is 6.92 Å². The monoisotopic (exact) mass is 142 g/mol. The Balaban J connectivity index is 0.000000180. The van der Waals surface area contributed by atoms with Gasteiger partial charge >= 0.3 is 0 Å². The van der Waals surface area contributed by atoms with E-state index >= 15 is 0 Å². The van der Waals surface area contributed by atoms with Crippen molar-refractivity contribution in [3.63, 3.8) is 0 Å². The summed E-state index contributed by atoms with van der Waals surface area (Å²) in [5.74, 6) is -0.833. The third-order valence-corrected chi connectivity index (χ3v) is 0.614. The Labute approximate surface area is 59.6 Å². The highest BCUT2D eigenvalue weighted by molar-refractivity contribution is 5.62. The van der Waals surface area contributed by atoms with Crippen LogP contribution in [0.1, 0.15) is 6.92 Å². The summed E-state index contributed by atoms with van der Waals surface area (Å²) in [7, 11) is 0. The van der Waals surface area contributed by atoms with Crippen LogP contribution in [0.4, 0.5) is 0 Å². The SMILES string of the molecule is C1=CCOC=C1.CC(=O)O. The summed E-state index contributed by atoms with van der Waals surface area (Å²) < 4.78 is 4.80. The zero-order chi connectivity index (χ0) is 7.82. The minimum Gasteiger partial charge on any atom is -0.497 e. The zero-order valence-electron chi connectivity index (χ0n) is 5.78. The number of carboxylic acid groups (broad SMARTS) is 1. The average Bonchev–Trinajstić information content (AvgIpc) is 1.90. The molecule has 0 unspecified atom stereocenters. The van der Waals surface area contributed by atoms with E-state index in [9.17, 15) is 0 Å². The van der Waals surface area contributed by atoms with Gasteiger partial charge < -0.3 is 9.84 Å². The minimum atomic E-state index is -0.833. The second-order valence-corrected chi connectivity index (χ2v) is 1.61. The van der Waals surface area contributed by atoms with Gasteiger partial charge in [-0.2, -0.15) is 0 Å². The number of carboxylic acids is 1. The molecule has 0 spiro atoms. The van der Waals surface area contributed by atoms with Crippen LogP contribution in [0.5, 0.6) is 0 Å². The molecule has 0 radical (unpaired) electrons. The summed E-state index contributed by atoms with van der Waals surface area (Å²) in [6.07, 6.45) is 7.47. The normalized spacial score (nSPS) is 12.9. The summed E-state index contributed by atoms with van der Waals surface area (Å²) in [5, 5.41) is 7.42. The van der Waals surface area contributed by atoms with Crippen molar-refractivity contribution >= 4 is 5.97 Å². The molecule has 0 aromatic rings. The minimum absolute atomic E-state index is 0.733. The molecule has 1 rings (SSSR count). The highest BCUT2D eigenvalue weighted by Gasteiger charge is 1.75. The number of ether oxygens (including phenoxy) is 1. The molecule has 56 valence electrons. The van der Waals surface area contributed by atoms with Crippen molar-refractivity contribution in [3.05, 3.63) is 24.5 Å². The van der Waals surface area contributed by atoms with Crippen LogP contribution >= 0.6 is 0 Å². The van der Waals surface area contributed by atoms with Crippen molar-refractivity contribution in [2.45, 2.75) is 6.92 Å². The fraction of sp³-hybridized carbons (Fsp3) is 0.286. The predicted molar refractivity (Wildman–Crippen MR) is 37.5 cm³/mol. The molecule has 0 saturated carbocycles. The molecule has 0 amide bonds. The van der Waals surface area contributed by atoms with E-state index in [-0.39, 0.29) is 0 Å². The third-order valence-electron chi connectivity index (χ3n) is 0.614. The van der Waals surface area contributed by atoms with Gasteiger partial charge in [0.2, 0.25) is 0 Å². The molecular weight excluding hydrogens is 132 g/mol. The first-order chi connectivity index (χ1) is 4.73. The summed E-state index contributed by atoms with van der Waals surface area (Å²) in [6, 6.07) is 0. The van der Waals surface area contributed by atoms with Gasteiger partial charge in [-0.25, -0.2) is 0 Å². The van der Waals surface area contributed by atoms with Crippen LogP contribution in [-0.4, -0.2) is 17.7 Å². The van der Waals surface area contributed by atoms with E-state index < -0.39 is 5.97 Å². The molecule has 0 saturated heterocycles. The van der Waals surface area contributed by atoms with Crippen molar-refractivity contribution in [1.29, 1.82) is 0 Å². The highest BCUT2D eigenvalue weighted by atomic mass is 16.5. The van der Waals surface area contributed by atoms with Crippen molar-refractivity contribution in [3.8, 4) is 0 Å². The number of aliphatic carboxylic acids is 1. The molecule has 1 aliphatic heterocycles. The maximum absolute atomic E-state index is 9.00. The van der Waals surface area contributed by atoms with Crippen LogP contribution in [-0.2, 0) is 9.53 Å². The van der Waals surface area contributed by atoms with E-state index in [1.165, 1.54) is 0 Å². The smallest absolute Gasteiger partial charge is 0.300 e. The zero-order valence-corrected chi connectivity index (χ0v) is 5.78. The fourth-order valence-corrected chi connectivity index (χ4v) is 0.346. The Morgan fingerprint density at radius 2 is 2.20 bits per heavy atom. The summed E-state index contributed by atoms with van der Waals surface area (Å²) >= 11 is 0. The first-order valence-electron chi connectivity index (χ1n) is 2.86. The maximum Gasteiger partial charge on any atom is 0.300 e. The molecular formula is C7H10O3. The van der Waals surface area contributed by atoms with E-state index in [1.807, 2.05) is 18.2 Å². The Bertz CT molecular complexity index is 131. The number of hydrogen-bond donors (Lipinski definition) is 1. The lowest BCUT2D eigenvalue weighted by Gasteiger charge is -1.94. The molecule has 0 aliphatic carbocycles. The van der Waals surface area contributed by atoms with E-state index in [0.717, 1.165) is 13.5 Å². The number of carbonyl (C=O) groups is 1. The number of rotatable bonds is 0. The molecule has 0 aromatic heterocycles. The largest absolute Gasteiger partial charge is 0.497 e. The van der Waals surface area contributed by atoms with Crippen LogP contribution in [0.25, 0.3) is 0 Å². The lowest BCUT2D eigenvalue weighted by atomic mass is 10.5. The number of hydrogen-bond acceptors (Lipinski definition) is 2. The van der Waals surface area contributed by atoms with Crippen LogP contribution in [0.2, 0.25) is 0 Å². The quantitative estimate of drug-likeness (QED) is 0.552. The predicted octanol–water partition coefficient (Wildman–Crippen LogP) is 1.18. The second-order valence-electron chi connectivity index (χ2n) is 1.61. The third kappa shape index (κ3) is 9.89. The molecule has 0 atom stereocenters. The average molecular weight is 142 g/mol. The van der Waals surface area contributed by atoms with E-state index in [4.69, 9.17) is 14.6 Å². The molecule has 10 heavy (non-hydrogen) atoms. The molecule has 3 heteroatoms. The van der Waals surface area contributed by atoms with Gasteiger partial charge in [0.05, 0.1) is 6.26 Å². The lowest BCUT2D eigenvalue weighted by Crippen LogP contribution is -1.82. The Kier molecular flexibility index (Phi) is 5.14. The highest BCUT2D eigenvalue weighted by Crippen LogP contribution is 1.87. The van der Waals surface area contributed by atoms with Gasteiger partial charge in [0.15, 0.2) is 0 Å². The Morgan fingerprint density at radius 1 is 1.60 bits per heavy atom. The molecule has 1 aliphatic rings. The summed E-state index contributed by atoms with van der Waals surface area (Å²) in [6.45, 7) is 1.82. The Hall–Kier alpha value is -1.25. The van der Waals surface area contributed by atoms with Crippen LogP contribution in [0.15, 0.2) is 24.5 Å². The standard InChI is InChI=1S/C5H6O.C2H4O2/c1-2-4-6-5-3-1;1-2(3)4/h1-4H,5H2;1H3,(H,3,4). The molecule has 1 N–H and O–H groups in total. The summed E-state index contributed by atoms with van der Waals surface area (Å²) in [4.78, 5) is 9.00. The van der Waals surface area contributed by atoms with Crippen molar-refractivity contribution in [2.24, 2.45) is 0 Å². The molecule has 0 aromatic carbocycles. The first kappa shape index (κ1) is 8.75. The summed E-state index contributed by atoms with van der Waals surface area (Å²) in [5.41, 5.74) is 0. The van der Waals surface area contributed by atoms with Gasteiger partial charge in [-0.15, -0.1) is 0 Å². The van der Waals surface area contributed by atoms with Crippen LogP contribution in [0.3, 0.4) is 0 Å². The van der Waals surface area contributed by atoms with Gasteiger partial charge in [-0.3, -0.25) is 4.79 Å². The van der Waals surface area contributed by atoms with Gasteiger partial charge in [0.25, 0.3) is 5.97 Å². The molecule has 0 fully saturated rings. The topological polar surface area (TPSA) is 46.5 Å². The van der Waals surface area contributed by atoms with Crippen molar-refractivity contribution in [2.75, 3.05) is 6.61 Å². The molecule has 1 heterocycles. The van der Waals surface area contributed by atoms with E-state index in [0.29, 0.717) is 0 Å². The lowest BCUT2D eigenvalue weighted by molar-refractivity contribution is -0.134. The molecule has 0 bridgehead atoms. The molecule has 3 nitrogen and oxygen atoms in total. The van der Waals surface area contributed by atoms with E-state index in [2.05, 4.69) is 0 Å². The second kappa shape index (κ2) is 5.88. The number of allylic oxidation sites excluding steroid dienone is 2. The van der Waals surface area contributed by atoms with Crippen LogP contribution in [0, 0.1) is 0 Å². The van der Waals surface area contributed by atoms with Gasteiger partial charge in [-0.05, 0) is 12.2 Å². The van der Waals surface area contributed by atoms with Gasteiger partial charge in [0.1, 0.15) is 6.61 Å². The Morgan fingerprint density at radius 3 is 2.30 bits per heavy atom.